The van der Waals surface area contributed by atoms with Crippen molar-refractivity contribution in [2.45, 2.75) is 13.8 Å². The smallest absolute Gasteiger partial charge is 0.233 e. The van der Waals surface area contributed by atoms with Crippen molar-refractivity contribution < 1.29 is 0 Å². The average molecular weight is 458 g/mol. The predicted octanol–water partition coefficient (Wildman–Crippen LogP) is 4.89. The van der Waals surface area contributed by atoms with E-state index >= 15 is 0 Å². The Bertz CT molecular complexity index is 1420. The largest absolute Gasteiger partial charge is 0.398 e. The third kappa shape index (κ3) is 4.26. The van der Waals surface area contributed by atoms with Crippen LogP contribution < -0.4 is 22.1 Å². The van der Waals surface area contributed by atoms with Gasteiger partial charge in [0.25, 0.3) is 0 Å². The van der Waals surface area contributed by atoms with Crippen LogP contribution in [0.2, 0.25) is 5.28 Å². The Labute approximate surface area is 194 Å². The van der Waals surface area contributed by atoms with Gasteiger partial charge in [-0.2, -0.15) is 15.0 Å². The molecular weight excluding hydrogens is 438 g/mol. The van der Waals surface area contributed by atoms with Gasteiger partial charge in [0.2, 0.25) is 17.2 Å². The maximum atomic E-state index is 6.16. The number of hydrogen-bond acceptors (Lipinski definition) is 9. The molecule has 0 spiro atoms. The van der Waals surface area contributed by atoms with E-state index in [1.54, 1.807) is 0 Å². The minimum Gasteiger partial charge on any atom is -0.398 e. The first-order chi connectivity index (χ1) is 15.8. The predicted molar refractivity (Wildman–Crippen MR) is 133 cm³/mol. The lowest BCUT2D eigenvalue weighted by Crippen LogP contribution is -2.04. The van der Waals surface area contributed by atoms with Crippen molar-refractivity contribution in [2.24, 2.45) is 0 Å². The second-order valence-corrected chi connectivity index (χ2v) is 8.01. The molecule has 9 nitrogen and oxygen atoms in total. The van der Waals surface area contributed by atoms with E-state index in [9.17, 15) is 0 Å². The first kappa shape index (κ1) is 20.7. The van der Waals surface area contributed by atoms with E-state index in [2.05, 4.69) is 35.6 Å². The number of nitrogens with one attached hydrogen (secondary N) is 2. The standard InChI is InChI=1S/C23H20ClN9/c1-11-7-17(25)15-9-13(3-5-19(15)27-11)29-22-31-21(24)32-23(33-22)30-14-4-6-20-16(10-14)18(26)8-12(2)28-20/h3-10H,1-2H3,(H2,25,27)(H2,26,28)(H2,29,30,31,32,33). The lowest BCUT2D eigenvalue weighted by molar-refractivity contribution is 1.06. The summed E-state index contributed by atoms with van der Waals surface area (Å²) in [5.41, 5.74) is 18.5. The second kappa shape index (κ2) is 8.03. The normalized spacial score (nSPS) is 11.1. The Kier molecular flexibility index (Phi) is 5.02. The molecule has 0 bridgehead atoms. The van der Waals surface area contributed by atoms with E-state index in [1.165, 1.54) is 0 Å². The van der Waals surface area contributed by atoms with Crippen molar-refractivity contribution in [3.63, 3.8) is 0 Å². The molecule has 3 aromatic heterocycles. The molecule has 0 radical (unpaired) electrons. The molecule has 0 aliphatic carbocycles. The lowest BCUT2D eigenvalue weighted by Gasteiger charge is -2.11. The average Bonchev–Trinajstić information content (AvgIpc) is 2.74. The zero-order valence-electron chi connectivity index (χ0n) is 17.9. The molecule has 0 aliphatic heterocycles. The number of halogens is 1. The highest BCUT2D eigenvalue weighted by Gasteiger charge is 2.09. The van der Waals surface area contributed by atoms with Gasteiger partial charge in [-0.3, -0.25) is 9.97 Å². The minimum absolute atomic E-state index is 0.0465. The van der Waals surface area contributed by atoms with Gasteiger partial charge in [-0.1, -0.05) is 0 Å². The van der Waals surface area contributed by atoms with Crippen LogP contribution in [0, 0.1) is 13.8 Å². The number of nitrogens with two attached hydrogens (primary N) is 2. The molecule has 10 heteroatoms. The van der Waals surface area contributed by atoms with Crippen LogP contribution in [-0.2, 0) is 0 Å². The summed E-state index contributed by atoms with van der Waals surface area (Å²) in [4.78, 5) is 21.8. The van der Waals surface area contributed by atoms with E-state index < -0.39 is 0 Å². The van der Waals surface area contributed by atoms with Crippen LogP contribution in [0.1, 0.15) is 11.4 Å². The summed E-state index contributed by atoms with van der Waals surface area (Å²) in [6.45, 7) is 3.81. The molecule has 33 heavy (non-hydrogen) atoms. The van der Waals surface area contributed by atoms with Crippen LogP contribution in [0.4, 0.5) is 34.6 Å². The highest BCUT2D eigenvalue weighted by molar-refractivity contribution is 6.28. The summed E-state index contributed by atoms with van der Waals surface area (Å²) in [7, 11) is 0. The van der Waals surface area contributed by atoms with E-state index in [1.807, 2.05) is 62.4 Å². The summed E-state index contributed by atoms with van der Waals surface area (Å²) in [5, 5.41) is 8.02. The number of aromatic nitrogens is 5. The minimum atomic E-state index is 0.0465. The van der Waals surface area contributed by atoms with Crippen molar-refractivity contribution >= 4 is 68.1 Å². The van der Waals surface area contributed by atoms with Crippen molar-refractivity contribution in [1.29, 1.82) is 0 Å². The Morgan fingerprint density at radius 2 is 1.09 bits per heavy atom. The summed E-state index contributed by atoms with van der Waals surface area (Å²) in [6, 6.07) is 15.0. The number of fused-ring (bicyclic) bond motifs is 2. The fraction of sp³-hybridized carbons (Fsp3) is 0.0870. The molecule has 164 valence electrons. The molecule has 0 fully saturated rings. The van der Waals surface area contributed by atoms with Gasteiger partial charge in [0, 0.05) is 44.9 Å². The zero-order valence-corrected chi connectivity index (χ0v) is 18.6. The molecule has 2 aromatic carbocycles. The SMILES string of the molecule is Cc1cc(N)c2cc(Nc3nc(Cl)nc(Nc4ccc5nc(C)cc(N)c5c4)n3)ccc2n1. The van der Waals surface area contributed by atoms with Crippen LogP contribution in [0.15, 0.2) is 48.5 Å². The Hall–Kier alpha value is -4.24. The summed E-state index contributed by atoms with van der Waals surface area (Å²) < 4.78 is 0. The molecule has 0 atom stereocenters. The van der Waals surface area contributed by atoms with Gasteiger partial charge < -0.3 is 22.1 Å². The van der Waals surface area contributed by atoms with Crippen LogP contribution >= 0.6 is 11.6 Å². The van der Waals surface area contributed by atoms with E-state index in [4.69, 9.17) is 23.1 Å². The number of rotatable bonds is 4. The number of benzene rings is 2. The number of pyridine rings is 2. The molecule has 0 amide bonds. The Morgan fingerprint density at radius 1 is 0.636 bits per heavy atom. The molecule has 0 aliphatic rings. The van der Waals surface area contributed by atoms with Crippen molar-refractivity contribution in [3.05, 3.63) is 65.2 Å². The van der Waals surface area contributed by atoms with Gasteiger partial charge in [0.05, 0.1) is 11.0 Å². The van der Waals surface area contributed by atoms with Gasteiger partial charge in [0.1, 0.15) is 0 Å². The second-order valence-electron chi connectivity index (χ2n) is 7.67. The van der Waals surface area contributed by atoms with Gasteiger partial charge in [0.15, 0.2) is 0 Å². The maximum Gasteiger partial charge on any atom is 0.233 e. The number of anilines is 6. The molecule has 0 unspecified atom stereocenters. The lowest BCUT2D eigenvalue weighted by atomic mass is 10.1. The highest BCUT2D eigenvalue weighted by atomic mass is 35.5. The zero-order chi connectivity index (χ0) is 23.1. The van der Waals surface area contributed by atoms with Gasteiger partial charge in [-0.05, 0) is 74.0 Å². The Morgan fingerprint density at radius 3 is 1.55 bits per heavy atom. The third-order valence-electron chi connectivity index (χ3n) is 5.06. The van der Waals surface area contributed by atoms with Gasteiger partial charge in [-0.15, -0.1) is 0 Å². The van der Waals surface area contributed by atoms with Crippen LogP contribution in [0.25, 0.3) is 21.8 Å². The molecule has 5 rings (SSSR count). The molecule has 5 aromatic rings. The highest BCUT2D eigenvalue weighted by Crippen LogP contribution is 2.27. The van der Waals surface area contributed by atoms with Crippen molar-refractivity contribution in [2.75, 3.05) is 22.1 Å². The first-order valence-corrected chi connectivity index (χ1v) is 10.5. The summed E-state index contributed by atoms with van der Waals surface area (Å²) >= 11 is 6.16. The van der Waals surface area contributed by atoms with E-state index in [0.717, 1.165) is 44.6 Å². The van der Waals surface area contributed by atoms with E-state index in [0.29, 0.717) is 11.4 Å². The van der Waals surface area contributed by atoms with Crippen molar-refractivity contribution in [1.82, 2.24) is 24.9 Å². The third-order valence-corrected chi connectivity index (χ3v) is 5.23. The topological polar surface area (TPSA) is 141 Å². The number of nitrogens with zero attached hydrogens (tertiary/aromatic N) is 5. The van der Waals surface area contributed by atoms with Crippen LogP contribution in [0.3, 0.4) is 0 Å². The Balaban J connectivity index is 1.44. The van der Waals surface area contributed by atoms with Gasteiger partial charge >= 0.3 is 0 Å². The monoisotopic (exact) mass is 457 g/mol. The number of nitrogen functional groups attached to an aromatic ring is 2. The molecule has 3 heterocycles. The van der Waals surface area contributed by atoms with Crippen LogP contribution in [0.5, 0.6) is 0 Å². The van der Waals surface area contributed by atoms with Gasteiger partial charge in [-0.25, -0.2) is 0 Å². The fourth-order valence-corrected chi connectivity index (χ4v) is 3.82. The van der Waals surface area contributed by atoms with E-state index in [-0.39, 0.29) is 17.2 Å². The summed E-state index contributed by atoms with van der Waals surface area (Å²) in [5.74, 6) is 0.571. The quantitative estimate of drug-likeness (QED) is 0.296. The maximum absolute atomic E-state index is 6.16. The molecule has 0 saturated carbocycles. The van der Waals surface area contributed by atoms with Crippen molar-refractivity contribution in [3.8, 4) is 0 Å². The molecular formula is C23H20ClN9. The summed E-state index contributed by atoms with van der Waals surface area (Å²) in [6.07, 6.45) is 0. The fourth-order valence-electron chi connectivity index (χ4n) is 3.66. The number of aryl methyl sites for hydroxylation is 2. The molecule has 6 N–H and O–H groups in total. The van der Waals surface area contributed by atoms with Crippen LogP contribution in [-0.4, -0.2) is 24.9 Å². The molecule has 0 saturated heterocycles. The number of hydrogen-bond donors (Lipinski definition) is 4. The first-order valence-electron chi connectivity index (χ1n) is 10.1.